The lowest BCUT2D eigenvalue weighted by Gasteiger charge is -2.35. The molecule has 0 radical (unpaired) electrons. The van der Waals surface area contributed by atoms with Gasteiger partial charge in [0.25, 0.3) is 10.2 Å². The summed E-state index contributed by atoms with van der Waals surface area (Å²) < 4.78 is 23.7. The van der Waals surface area contributed by atoms with Gasteiger partial charge in [-0.15, -0.1) is 0 Å². The third kappa shape index (κ3) is 2.49. The standard InChI is InChI=1S/C11H20N4O3S/c12-19(17,18)15-5-3-14(4-6-15)11(16)9-7-8-1-2-10(9)13-8/h8-10,13H,1-7H2,(H2,12,17,18). The molecule has 3 unspecified atom stereocenters. The molecule has 0 spiro atoms. The fourth-order valence-corrected chi connectivity index (χ4v) is 4.17. The predicted octanol–water partition coefficient (Wildman–Crippen LogP) is -1.53. The van der Waals surface area contributed by atoms with Crippen LogP contribution in [-0.4, -0.2) is 61.8 Å². The van der Waals surface area contributed by atoms with Gasteiger partial charge in [0.15, 0.2) is 0 Å². The van der Waals surface area contributed by atoms with Gasteiger partial charge in [0.2, 0.25) is 5.91 Å². The van der Waals surface area contributed by atoms with E-state index in [1.807, 2.05) is 0 Å². The fraction of sp³-hybridized carbons (Fsp3) is 0.909. The number of piperazine rings is 1. The number of carbonyl (C=O) groups is 1. The van der Waals surface area contributed by atoms with E-state index in [1.54, 1.807) is 4.90 Å². The first-order chi connectivity index (χ1) is 8.95. The van der Waals surface area contributed by atoms with Crippen molar-refractivity contribution in [2.45, 2.75) is 31.3 Å². The third-order valence-electron chi connectivity index (χ3n) is 4.53. The number of carbonyl (C=O) groups excluding carboxylic acids is 1. The molecule has 3 atom stereocenters. The number of rotatable bonds is 2. The molecule has 0 aromatic heterocycles. The minimum atomic E-state index is -3.62. The minimum absolute atomic E-state index is 0.0831. The molecule has 3 N–H and O–H groups in total. The zero-order chi connectivity index (χ0) is 13.6. The second-order valence-corrected chi connectivity index (χ2v) is 7.21. The monoisotopic (exact) mass is 288 g/mol. The molecule has 3 saturated heterocycles. The van der Waals surface area contributed by atoms with Crippen LogP contribution in [0.5, 0.6) is 0 Å². The van der Waals surface area contributed by atoms with Crippen molar-refractivity contribution in [1.29, 1.82) is 0 Å². The van der Waals surface area contributed by atoms with Gasteiger partial charge in [-0.05, 0) is 19.3 Å². The Balaban J connectivity index is 1.58. The van der Waals surface area contributed by atoms with Crippen LogP contribution >= 0.6 is 0 Å². The highest BCUT2D eigenvalue weighted by atomic mass is 32.2. The van der Waals surface area contributed by atoms with Gasteiger partial charge in [-0.3, -0.25) is 4.79 Å². The summed E-state index contributed by atoms with van der Waals surface area (Å²) >= 11 is 0. The van der Waals surface area contributed by atoms with Crippen LogP contribution in [-0.2, 0) is 15.0 Å². The van der Waals surface area contributed by atoms with E-state index in [9.17, 15) is 13.2 Å². The van der Waals surface area contributed by atoms with Gasteiger partial charge < -0.3 is 10.2 Å². The topological polar surface area (TPSA) is 95.7 Å². The lowest BCUT2D eigenvalue weighted by atomic mass is 9.88. The van der Waals surface area contributed by atoms with E-state index < -0.39 is 10.2 Å². The molecule has 0 saturated carbocycles. The van der Waals surface area contributed by atoms with E-state index in [0.29, 0.717) is 38.3 Å². The highest BCUT2D eigenvalue weighted by molar-refractivity contribution is 7.86. The highest BCUT2D eigenvalue weighted by Gasteiger charge is 2.44. The van der Waals surface area contributed by atoms with E-state index in [0.717, 1.165) is 12.8 Å². The van der Waals surface area contributed by atoms with Gasteiger partial charge in [-0.1, -0.05) is 0 Å². The Morgan fingerprint density at radius 2 is 1.84 bits per heavy atom. The number of nitrogens with zero attached hydrogens (tertiary/aromatic N) is 2. The normalized spacial score (nSPS) is 35.8. The van der Waals surface area contributed by atoms with Crippen LogP contribution in [0.1, 0.15) is 19.3 Å². The van der Waals surface area contributed by atoms with Gasteiger partial charge in [-0.25, -0.2) is 5.14 Å². The van der Waals surface area contributed by atoms with Crippen LogP contribution in [0.25, 0.3) is 0 Å². The maximum absolute atomic E-state index is 12.4. The molecule has 7 nitrogen and oxygen atoms in total. The summed E-state index contributed by atoms with van der Waals surface area (Å²) in [6, 6.07) is 0.832. The molecule has 0 aromatic rings. The summed E-state index contributed by atoms with van der Waals surface area (Å²) in [5.41, 5.74) is 0. The van der Waals surface area contributed by atoms with Crippen molar-refractivity contribution in [2.24, 2.45) is 11.1 Å². The lowest BCUT2D eigenvalue weighted by Crippen LogP contribution is -2.54. The van der Waals surface area contributed by atoms with Crippen LogP contribution in [0.15, 0.2) is 0 Å². The zero-order valence-corrected chi connectivity index (χ0v) is 11.6. The number of hydrogen-bond acceptors (Lipinski definition) is 4. The summed E-state index contributed by atoms with van der Waals surface area (Å²) in [5.74, 6) is 0.258. The van der Waals surface area contributed by atoms with E-state index >= 15 is 0 Å². The highest BCUT2D eigenvalue weighted by Crippen LogP contribution is 2.34. The Morgan fingerprint density at radius 3 is 2.32 bits per heavy atom. The fourth-order valence-electron chi connectivity index (χ4n) is 3.49. The molecule has 1 amide bonds. The molecule has 3 aliphatic heterocycles. The Labute approximate surface area is 113 Å². The van der Waals surface area contributed by atoms with Crippen LogP contribution in [0.4, 0.5) is 0 Å². The van der Waals surface area contributed by atoms with Crippen molar-refractivity contribution in [3.8, 4) is 0 Å². The van der Waals surface area contributed by atoms with Crippen molar-refractivity contribution in [3.63, 3.8) is 0 Å². The molecule has 2 bridgehead atoms. The second-order valence-electron chi connectivity index (χ2n) is 5.66. The van der Waals surface area contributed by atoms with E-state index in [1.165, 1.54) is 10.7 Å². The first kappa shape index (κ1) is 13.3. The molecule has 0 aromatic carbocycles. The Hall–Kier alpha value is -0.700. The number of nitrogens with one attached hydrogen (secondary N) is 1. The summed E-state index contributed by atoms with van der Waals surface area (Å²) in [6.07, 6.45) is 3.19. The van der Waals surface area contributed by atoms with Crippen molar-refractivity contribution in [2.75, 3.05) is 26.2 Å². The molecule has 19 heavy (non-hydrogen) atoms. The van der Waals surface area contributed by atoms with Crippen LogP contribution in [0, 0.1) is 5.92 Å². The van der Waals surface area contributed by atoms with Crippen molar-refractivity contribution in [1.82, 2.24) is 14.5 Å². The maximum atomic E-state index is 12.4. The molecule has 3 aliphatic rings. The lowest BCUT2D eigenvalue weighted by molar-refractivity contribution is -0.137. The van der Waals surface area contributed by atoms with Gasteiger partial charge in [0.05, 0.1) is 5.92 Å². The summed E-state index contributed by atoms with van der Waals surface area (Å²) in [5, 5.41) is 8.55. The van der Waals surface area contributed by atoms with E-state index in [4.69, 9.17) is 5.14 Å². The zero-order valence-electron chi connectivity index (χ0n) is 10.8. The smallest absolute Gasteiger partial charge is 0.277 e. The average molecular weight is 288 g/mol. The van der Waals surface area contributed by atoms with Gasteiger partial charge in [0, 0.05) is 38.3 Å². The summed E-state index contributed by atoms with van der Waals surface area (Å²) in [4.78, 5) is 14.2. The Kier molecular flexibility index (Phi) is 3.28. The maximum Gasteiger partial charge on any atom is 0.277 e. The number of nitrogens with two attached hydrogens (primary N) is 1. The molecule has 108 valence electrons. The molecular weight excluding hydrogens is 268 g/mol. The van der Waals surface area contributed by atoms with E-state index in [2.05, 4.69) is 5.32 Å². The Bertz CT molecular complexity index is 472. The summed E-state index contributed by atoms with van der Waals surface area (Å²) in [6.45, 7) is 1.50. The molecule has 3 heterocycles. The SMILES string of the molecule is NS(=O)(=O)N1CCN(C(=O)C2CC3CCC2N3)CC1. The summed E-state index contributed by atoms with van der Waals surface area (Å²) in [7, 11) is -3.62. The molecule has 0 aliphatic carbocycles. The number of amides is 1. The van der Waals surface area contributed by atoms with Crippen molar-refractivity contribution < 1.29 is 13.2 Å². The largest absolute Gasteiger partial charge is 0.340 e. The second kappa shape index (κ2) is 4.69. The Morgan fingerprint density at radius 1 is 1.16 bits per heavy atom. The van der Waals surface area contributed by atoms with Crippen molar-refractivity contribution >= 4 is 16.1 Å². The van der Waals surface area contributed by atoms with Gasteiger partial charge in [0.1, 0.15) is 0 Å². The van der Waals surface area contributed by atoms with Gasteiger partial charge >= 0.3 is 0 Å². The van der Waals surface area contributed by atoms with Crippen LogP contribution in [0.2, 0.25) is 0 Å². The average Bonchev–Trinajstić information content (AvgIpc) is 2.99. The first-order valence-electron chi connectivity index (χ1n) is 6.78. The van der Waals surface area contributed by atoms with Crippen LogP contribution in [0.3, 0.4) is 0 Å². The molecule has 3 fully saturated rings. The molecule has 3 rings (SSSR count). The van der Waals surface area contributed by atoms with Crippen molar-refractivity contribution in [3.05, 3.63) is 0 Å². The first-order valence-corrected chi connectivity index (χ1v) is 8.28. The number of hydrogen-bond donors (Lipinski definition) is 2. The quantitative estimate of drug-likeness (QED) is 0.645. The predicted molar refractivity (Wildman–Crippen MR) is 69.3 cm³/mol. The minimum Gasteiger partial charge on any atom is -0.340 e. The molecule has 8 heteroatoms. The number of fused-ring (bicyclic) bond motifs is 2. The third-order valence-corrected chi connectivity index (χ3v) is 5.61. The van der Waals surface area contributed by atoms with Crippen LogP contribution < -0.4 is 10.5 Å². The van der Waals surface area contributed by atoms with Gasteiger partial charge in [-0.2, -0.15) is 12.7 Å². The molecular formula is C11H20N4O3S. The van der Waals surface area contributed by atoms with E-state index in [-0.39, 0.29) is 11.8 Å².